The Labute approximate surface area is 162 Å². The lowest BCUT2D eigenvalue weighted by Crippen LogP contribution is -2.39. The predicted molar refractivity (Wildman–Crippen MR) is 112 cm³/mol. The van der Waals surface area contributed by atoms with E-state index in [9.17, 15) is 4.79 Å². The number of likely N-dealkylation sites (tertiary alicyclic amines) is 1. The molecule has 1 saturated heterocycles. The lowest BCUT2D eigenvalue weighted by atomic mass is 9.93. The van der Waals surface area contributed by atoms with Gasteiger partial charge in [-0.1, -0.05) is 0 Å². The van der Waals surface area contributed by atoms with Crippen LogP contribution in [-0.4, -0.2) is 49.6 Å². The van der Waals surface area contributed by atoms with Crippen molar-refractivity contribution >= 4 is 22.2 Å². The Morgan fingerprint density at radius 1 is 1.27 bits per heavy atom. The fourth-order valence-electron chi connectivity index (χ4n) is 4.23. The molecule has 3 rings (SSSR count). The van der Waals surface area contributed by atoms with Gasteiger partial charge in [-0.05, 0) is 89.9 Å². The molecule has 1 amide bonds. The summed E-state index contributed by atoms with van der Waals surface area (Å²) in [4.78, 5) is 18.5. The van der Waals surface area contributed by atoms with Gasteiger partial charge in [0.15, 0.2) is 0 Å². The van der Waals surface area contributed by atoms with Gasteiger partial charge < -0.3 is 15.1 Å². The van der Waals surface area contributed by atoms with E-state index in [4.69, 9.17) is 0 Å². The molecule has 0 bridgehead atoms. The lowest BCUT2D eigenvalue weighted by molar-refractivity contribution is 0.0950. The van der Waals surface area contributed by atoms with E-state index in [1.165, 1.54) is 49.3 Å². The molecule has 1 aromatic heterocycles. The third-order valence-corrected chi connectivity index (χ3v) is 7.26. The number of hydrogen-bond acceptors (Lipinski definition) is 4. The van der Waals surface area contributed by atoms with E-state index in [0.29, 0.717) is 6.04 Å². The summed E-state index contributed by atoms with van der Waals surface area (Å²) >= 11 is 1.69. The van der Waals surface area contributed by atoms with E-state index >= 15 is 0 Å². The Hall–Kier alpha value is -1.07. The third-order valence-electron chi connectivity index (χ3n) is 6.02. The summed E-state index contributed by atoms with van der Waals surface area (Å²) in [6, 6.07) is 2.80. The van der Waals surface area contributed by atoms with E-state index in [0.717, 1.165) is 43.3 Å². The number of carbonyl (C=O) groups excluding carboxylic acids is 1. The zero-order chi connectivity index (χ0) is 18.5. The molecule has 1 N–H and O–H groups in total. The number of thiophene rings is 1. The maximum absolute atomic E-state index is 12.6. The second kappa shape index (κ2) is 9.23. The highest BCUT2D eigenvalue weighted by Gasteiger charge is 2.22. The van der Waals surface area contributed by atoms with Crippen molar-refractivity contribution in [3.05, 3.63) is 16.5 Å². The van der Waals surface area contributed by atoms with E-state index in [-0.39, 0.29) is 5.91 Å². The Morgan fingerprint density at radius 2 is 2.04 bits per heavy atom. The van der Waals surface area contributed by atoms with Crippen molar-refractivity contribution in [2.45, 2.75) is 65.3 Å². The zero-order valence-corrected chi connectivity index (χ0v) is 17.5. The van der Waals surface area contributed by atoms with Gasteiger partial charge in [-0.15, -0.1) is 11.3 Å². The van der Waals surface area contributed by atoms with Crippen LogP contribution in [-0.2, 0) is 6.42 Å². The molecule has 1 aromatic rings. The second-order valence-corrected chi connectivity index (χ2v) is 9.13. The molecule has 0 unspecified atom stereocenters. The van der Waals surface area contributed by atoms with Crippen LogP contribution in [0.25, 0.3) is 0 Å². The summed E-state index contributed by atoms with van der Waals surface area (Å²) in [6.07, 6.45) is 7.26. The van der Waals surface area contributed by atoms with Gasteiger partial charge in [-0.3, -0.25) is 4.79 Å². The molecule has 26 heavy (non-hydrogen) atoms. The molecule has 3 heterocycles. The molecule has 2 aliphatic rings. The van der Waals surface area contributed by atoms with E-state index < -0.39 is 0 Å². The van der Waals surface area contributed by atoms with Crippen molar-refractivity contribution in [3.8, 4) is 0 Å². The molecular formula is C21H35N3OS. The second-order valence-electron chi connectivity index (χ2n) is 8.10. The van der Waals surface area contributed by atoms with Crippen LogP contribution in [0.3, 0.4) is 0 Å². The van der Waals surface area contributed by atoms with Gasteiger partial charge in [0, 0.05) is 25.7 Å². The van der Waals surface area contributed by atoms with E-state index in [1.807, 2.05) is 0 Å². The van der Waals surface area contributed by atoms with Gasteiger partial charge in [0.2, 0.25) is 0 Å². The van der Waals surface area contributed by atoms with Gasteiger partial charge in [0.05, 0.1) is 9.88 Å². The number of nitrogens with zero attached hydrogens (tertiary/aromatic N) is 2. The smallest absolute Gasteiger partial charge is 0.261 e. The van der Waals surface area contributed by atoms with E-state index in [2.05, 4.69) is 42.0 Å². The summed E-state index contributed by atoms with van der Waals surface area (Å²) < 4.78 is 0. The number of piperidine rings is 1. The van der Waals surface area contributed by atoms with Crippen molar-refractivity contribution < 1.29 is 4.79 Å². The van der Waals surface area contributed by atoms with Gasteiger partial charge in [-0.25, -0.2) is 0 Å². The first-order chi connectivity index (χ1) is 12.6. The maximum atomic E-state index is 12.6. The van der Waals surface area contributed by atoms with Gasteiger partial charge in [-0.2, -0.15) is 0 Å². The minimum atomic E-state index is 0.124. The first-order valence-electron chi connectivity index (χ1n) is 10.5. The standard InChI is InChI=1S/C21H35N3OS/c1-4-23-12-6-5-7-18-15-19(26-21(18)23)20(25)22-11-8-17-9-13-24(14-10-17)16(2)3/h15-17H,4-14H2,1-3H3,(H,22,25). The number of amides is 1. The molecule has 4 nitrogen and oxygen atoms in total. The molecule has 0 radical (unpaired) electrons. The maximum Gasteiger partial charge on any atom is 0.261 e. The highest BCUT2D eigenvalue weighted by Crippen LogP contribution is 2.35. The van der Waals surface area contributed by atoms with Crippen molar-refractivity contribution in [2.75, 3.05) is 37.6 Å². The highest BCUT2D eigenvalue weighted by atomic mass is 32.1. The van der Waals surface area contributed by atoms with Crippen LogP contribution >= 0.6 is 11.3 Å². The molecule has 1 fully saturated rings. The fraction of sp³-hybridized carbons (Fsp3) is 0.762. The number of anilines is 1. The highest BCUT2D eigenvalue weighted by molar-refractivity contribution is 7.18. The number of aryl methyl sites for hydroxylation is 1. The monoisotopic (exact) mass is 377 g/mol. The van der Waals surface area contributed by atoms with Gasteiger partial charge >= 0.3 is 0 Å². The average molecular weight is 378 g/mol. The first kappa shape index (κ1) is 19.7. The van der Waals surface area contributed by atoms with Gasteiger partial charge in [0.25, 0.3) is 5.91 Å². The summed E-state index contributed by atoms with van der Waals surface area (Å²) in [6.45, 7) is 12.2. The zero-order valence-electron chi connectivity index (χ0n) is 16.7. The summed E-state index contributed by atoms with van der Waals surface area (Å²) in [7, 11) is 0. The molecule has 146 valence electrons. The number of nitrogens with one attached hydrogen (secondary N) is 1. The fourth-order valence-corrected chi connectivity index (χ4v) is 5.45. The Bertz CT molecular complexity index is 590. The average Bonchev–Trinajstić information content (AvgIpc) is 2.97. The molecule has 0 saturated carbocycles. The summed E-state index contributed by atoms with van der Waals surface area (Å²) in [5.41, 5.74) is 1.38. The topological polar surface area (TPSA) is 35.6 Å². The minimum absolute atomic E-state index is 0.124. The lowest BCUT2D eigenvalue weighted by Gasteiger charge is -2.34. The van der Waals surface area contributed by atoms with Crippen molar-refractivity contribution in [3.63, 3.8) is 0 Å². The normalized spacial score (nSPS) is 19.5. The molecule has 0 aromatic carbocycles. The number of fused-ring (bicyclic) bond motifs is 1. The largest absolute Gasteiger partial charge is 0.363 e. The SMILES string of the molecule is CCN1CCCCc2cc(C(=O)NCCC3CCN(C(C)C)CC3)sc21. The third kappa shape index (κ3) is 4.80. The summed E-state index contributed by atoms with van der Waals surface area (Å²) in [5.74, 6) is 0.889. The van der Waals surface area contributed by atoms with Crippen LogP contribution in [0.1, 0.15) is 68.1 Å². The Kier molecular flexibility index (Phi) is 6.98. The first-order valence-corrected chi connectivity index (χ1v) is 11.3. The van der Waals surface area contributed by atoms with Crippen molar-refractivity contribution in [1.29, 1.82) is 0 Å². The minimum Gasteiger partial charge on any atom is -0.363 e. The number of rotatable bonds is 6. The summed E-state index contributed by atoms with van der Waals surface area (Å²) in [5, 5.41) is 4.51. The molecular weight excluding hydrogens is 342 g/mol. The Balaban J connectivity index is 1.47. The van der Waals surface area contributed by atoms with Gasteiger partial charge in [0.1, 0.15) is 0 Å². The van der Waals surface area contributed by atoms with Crippen LogP contribution in [0.15, 0.2) is 6.07 Å². The molecule has 2 aliphatic heterocycles. The van der Waals surface area contributed by atoms with Crippen LogP contribution in [0.2, 0.25) is 0 Å². The molecule has 0 aliphatic carbocycles. The predicted octanol–water partition coefficient (Wildman–Crippen LogP) is 4.15. The van der Waals surface area contributed by atoms with Crippen molar-refractivity contribution in [2.24, 2.45) is 5.92 Å². The molecule has 0 atom stereocenters. The molecule has 5 heteroatoms. The quantitative estimate of drug-likeness (QED) is 0.809. The van der Waals surface area contributed by atoms with E-state index in [1.54, 1.807) is 11.3 Å². The van der Waals surface area contributed by atoms with Crippen LogP contribution in [0, 0.1) is 5.92 Å². The van der Waals surface area contributed by atoms with Crippen LogP contribution in [0.4, 0.5) is 5.00 Å². The Morgan fingerprint density at radius 3 is 2.73 bits per heavy atom. The molecule has 0 spiro atoms. The van der Waals surface area contributed by atoms with Crippen molar-refractivity contribution in [1.82, 2.24) is 10.2 Å². The number of carbonyl (C=O) groups is 1. The van der Waals surface area contributed by atoms with Crippen LogP contribution < -0.4 is 10.2 Å². The number of hydrogen-bond donors (Lipinski definition) is 1. The van der Waals surface area contributed by atoms with Crippen LogP contribution in [0.5, 0.6) is 0 Å².